The Balaban J connectivity index is 2.03. The smallest absolute Gasteiger partial charge is 0.211 e. The van der Waals surface area contributed by atoms with Crippen molar-refractivity contribution in [2.75, 3.05) is 19.4 Å². The monoisotopic (exact) mass is 333 g/mol. The molecule has 3 aromatic rings. The van der Waals surface area contributed by atoms with Crippen molar-refractivity contribution in [1.29, 1.82) is 0 Å². The zero-order valence-electron chi connectivity index (χ0n) is 14.1. The lowest BCUT2D eigenvalue weighted by atomic mass is 10.2. The van der Waals surface area contributed by atoms with Crippen molar-refractivity contribution in [2.45, 2.75) is 0 Å². The largest absolute Gasteiger partial charge is 0.383 e. The molecule has 126 valence electrons. The first-order valence-corrected chi connectivity index (χ1v) is 7.87. The predicted octanol–water partition coefficient (Wildman–Crippen LogP) is 3.27. The molecule has 0 unspecified atom stereocenters. The van der Waals surface area contributed by atoms with Gasteiger partial charge in [0.15, 0.2) is 11.5 Å². The zero-order valence-corrected chi connectivity index (χ0v) is 14.1. The summed E-state index contributed by atoms with van der Waals surface area (Å²) < 4.78 is 1.63. The Morgan fingerprint density at radius 2 is 1.68 bits per heavy atom. The van der Waals surface area contributed by atoms with Crippen LogP contribution in [0.5, 0.6) is 0 Å². The molecule has 0 fully saturated rings. The highest BCUT2D eigenvalue weighted by Crippen LogP contribution is 2.23. The first kappa shape index (κ1) is 16.4. The fraction of sp³-hybridized carbons (Fsp3) is 0.105. The van der Waals surface area contributed by atoms with E-state index in [0.29, 0.717) is 5.82 Å². The second-order valence-corrected chi connectivity index (χ2v) is 5.67. The standard InChI is InChI=1S/C19H19N5O/c1-23(2)14-13-17(25)18-19(20-15-9-5-3-6-10-15)24(22-21-18)16-11-7-4-8-12-16/h3-14,20H,1-2H3. The van der Waals surface area contributed by atoms with Crippen LogP contribution in [0.4, 0.5) is 11.5 Å². The number of ketones is 1. The van der Waals surface area contributed by atoms with E-state index in [1.807, 2.05) is 74.8 Å². The second kappa shape index (κ2) is 7.44. The third-order valence-corrected chi connectivity index (χ3v) is 3.47. The van der Waals surface area contributed by atoms with Crippen molar-refractivity contribution in [1.82, 2.24) is 19.9 Å². The van der Waals surface area contributed by atoms with Crippen molar-refractivity contribution in [2.24, 2.45) is 0 Å². The molecule has 0 bridgehead atoms. The van der Waals surface area contributed by atoms with E-state index in [1.54, 1.807) is 15.8 Å². The molecule has 1 aromatic heterocycles. The Labute approximate surface area is 146 Å². The zero-order chi connectivity index (χ0) is 17.6. The number of rotatable bonds is 6. The molecule has 0 atom stereocenters. The molecule has 0 aliphatic heterocycles. The molecule has 2 aromatic carbocycles. The van der Waals surface area contributed by atoms with Crippen LogP contribution < -0.4 is 5.32 Å². The first-order valence-electron chi connectivity index (χ1n) is 7.87. The van der Waals surface area contributed by atoms with Crippen LogP contribution in [-0.2, 0) is 0 Å². The van der Waals surface area contributed by atoms with Gasteiger partial charge < -0.3 is 10.2 Å². The van der Waals surface area contributed by atoms with Gasteiger partial charge in [-0.15, -0.1) is 5.10 Å². The number of allylic oxidation sites excluding steroid dienone is 1. The van der Waals surface area contributed by atoms with Gasteiger partial charge in [0.05, 0.1) is 5.69 Å². The van der Waals surface area contributed by atoms with Gasteiger partial charge in [-0.25, -0.2) is 0 Å². The summed E-state index contributed by atoms with van der Waals surface area (Å²) in [5, 5.41) is 11.5. The minimum absolute atomic E-state index is 0.214. The Morgan fingerprint density at radius 1 is 1.04 bits per heavy atom. The van der Waals surface area contributed by atoms with Crippen LogP contribution in [0.2, 0.25) is 0 Å². The van der Waals surface area contributed by atoms with E-state index >= 15 is 0 Å². The van der Waals surface area contributed by atoms with E-state index in [0.717, 1.165) is 11.4 Å². The maximum atomic E-state index is 12.5. The summed E-state index contributed by atoms with van der Waals surface area (Å²) in [6.07, 6.45) is 3.17. The SMILES string of the molecule is CN(C)C=CC(=O)c1nnn(-c2ccccc2)c1Nc1ccccc1. The fourth-order valence-electron chi connectivity index (χ4n) is 2.26. The summed E-state index contributed by atoms with van der Waals surface area (Å²) in [7, 11) is 3.71. The minimum Gasteiger partial charge on any atom is -0.383 e. The number of hydrogen-bond donors (Lipinski definition) is 1. The van der Waals surface area contributed by atoms with E-state index in [2.05, 4.69) is 15.6 Å². The van der Waals surface area contributed by atoms with E-state index < -0.39 is 0 Å². The van der Waals surface area contributed by atoms with Crippen LogP contribution in [0.3, 0.4) is 0 Å². The maximum Gasteiger partial charge on any atom is 0.211 e. The normalized spacial score (nSPS) is 10.8. The minimum atomic E-state index is -0.214. The highest BCUT2D eigenvalue weighted by molar-refractivity contribution is 6.06. The lowest BCUT2D eigenvalue weighted by Gasteiger charge is -2.10. The number of para-hydroxylation sites is 2. The lowest BCUT2D eigenvalue weighted by molar-refractivity contribution is 0.104. The molecule has 0 saturated heterocycles. The summed E-state index contributed by atoms with van der Waals surface area (Å²) in [5.41, 5.74) is 1.95. The number of nitrogens with zero attached hydrogens (tertiary/aromatic N) is 4. The van der Waals surface area contributed by atoms with Gasteiger partial charge in [-0.2, -0.15) is 4.68 Å². The van der Waals surface area contributed by atoms with Gasteiger partial charge in [-0.05, 0) is 24.3 Å². The van der Waals surface area contributed by atoms with E-state index in [-0.39, 0.29) is 11.5 Å². The predicted molar refractivity (Wildman–Crippen MR) is 98.2 cm³/mol. The second-order valence-electron chi connectivity index (χ2n) is 5.67. The van der Waals surface area contributed by atoms with Gasteiger partial charge in [0.25, 0.3) is 0 Å². The van der Waals surface area contributed by atoms with Gasteiger partial charge >= 0.3 is 0 Å². The number of aromatic nitrogens is 3. The maximum absolute atomic E-state index is 12.5. The van der Waals surface area contributed by atoms with Gasteiger partial charge in [0.2, 0.25) is 5.78 Å². The lowest BCUT2D eigenvalue weighted by Crippen LogP contribution is -2.07. The average molecular weight is 333 g/mol. The molecule has 0 saturated carbocycles. The number of carbonyl (C=O) groups excluding carboxylic acids is 1. The fourth-order valence-corrected chi connectivity index (χ4v) is 2.26. The van der Waals surface area contributed by atoms with Crippen LogP contribution in [-0.4, -0.2) is 39.8 Å². The van der Waals surface area contributed by atoms with Gasteiger partial charge in [-0.3, -0.25) is 4.79 Å². The summed E-state index contributed by atoms with van der Waals surface area (Å²) in [5.74, 6) is 0.320. The molecule has 0 aliphatic rings. The Kier molecular flexibility index (Phi) is 4.89. The third kappa shape index (κ3) is 3.92. The summed E-state index contributed by atoms with van der Waals surface area (Å²) in [6.45, 7) is 0. The van der Waals surface area contributed by atoms with Crippen LogP contribution in [0.1, 0.15) is 10.5 Å². The van der Waals surface area contributed by atoms with Crippen molar-refractivity contribution >= 4 is 17.3 Å². The number of anilines is 2. The molecule has 6 heteroatoms. The molecule has 0 aliphatic carbocycles. The van der Waals surface area contributed by atoms with Crippen LogP contribution in [0.25, 0.3) is 5.69 Å². The van der Waals surface area contributed by atoms with Gasteiger partial charge in [-0.1, -0.05) is 41.6 Å². The topological polar surface area (TPSA) is 63.1 Å². The van der Waals surface area contributed by atoms with Gasteiger partial charge in [0.1, 0.15) is 0 Å². The molecule has 0 spiro atoms. The Bertz CT molecular complexity index is 869. The first-order chi connectivity index (χ1) is 12.1. The molecule has 1 N–H and O–H groups in total. The molecule has 6 nitrogen and oxygen atoms in total. The van der Waals surface area contributed by atoms with Crippen molar-refractivity contribution < 1.29 is 4.79 Å². The van der Waals surface area contributed by atoms with Crippen LogP contribution >= 0.6 is 0 Å². The number of nitrogens with one attached hydrogen (secondary N) is 1. The van der Waals surface area contributed by atoms with Crippen LogP contribution in [0.15, 0.2) is 72.9 Å². The molecule has 1 heterocycles. The average Bonchev–Trinajstić information content (AvgIpc) is 3.05. The van der Waals surface area contributed by atoms with Crippen molar-refractivity contribution in [3.8, 4) is 5.69 Å². The van der Waals surface area contributed by atoms with Crippen molar-refractivity contribution in [3.05, 3.63) is 78.6 Å². The molecule has 25 heavy (non-hydrogen) atoms. The van der Waals surface area contributed by atoms with Gasteiger partial charge in [0, 0.05) is 32.1 Å². The molecular weight excluding hydrogens is 314 g/mol. The van der Waals surface area contributed by atoms with E-state index in [9.17, 15) is 4.79 Å². The summed E-state index contributed by atoms with van der Waals surface area (Å²) in [6, 6.07) is 19.2. The van der Waals surface area contributed by atoms with Crippen molar-refractivity contribution in [3.63, 3.8) is 0 Å². The summed E-state index contributed by atoms with van der Waals surface area (Å²) in [4.78, 5) is 14.3. The molecular formula is C19H19N5O. The third-order valence-electron chi connectivity index (χ3n) is 3.47. The van der Waals surface area contributed by atoms with Crippen LogP contribution in [0, 0.1) is 0 Å². The number of benzene rings is 2. The highest BCUT2D eigenvalue weighted by atomic mass is 16.1. The molecule has 0 amide bonds. The highest BCUT2D eigenvalue weighted by Gasteiger charge is 2.19. The number of hydrogen-bond acceptors (Lipinski definition) is 5. The molecule has 0 radical (unpaired) electrons. The quantitative estimate of drug-likeness (QED) is 0.554. The summed E-state index contributed by atoms with van der Waals surface area (Å²) >= 11 is 0. The molecule has 3 rings (SSSR count). The van der Waals surface area contributed by atoms with E-state index in [1.165, 1.54) is 6.08 Å². The van der Waals surface area contributed by atoms with E-state index in [4.69, 9.17) is 0 Å². The Hall–Kier alpha value is -3.41. The number of carbonyl (C=O) groups is 1. The Morgan fingerprint density at radius 3 is 2.32 bits per heavy atom.